The molecule has 10 heteroatoms. The summed E-state index contributed by atoms with van der Waals surface area (Å²) in [6.07, 6.45) is 5.02. The van der Waals surface area contributed by atoms with E-state index >= 15 is 0 Å². The van der Waals surface area contributed by atoms with Crippen molar-refractivity contribution in [2.45, 2.75) is 44.1 Å². The number of rotatable bonds is 6. The van der Waals surface area contributed by atoms with Crippen LogP contribution in [0.25, 0.3) is 0 Å². The molecule has 1 amide bonds. The van der Waals surface area contributed by atoms with Gasteiger partial charge in [0.15, 0.2) is 0 Å². The number of aromatic nitrogens is 1. The van der Waals surface area contributed by atoms with Crippen molar-refractivity contribution in [2.24, 2.45) is 0 Å². The molecule has 7 nitrogen and oxygen atoms in total. The van der Waals surface area contributed by atoms with Crippen molar-refractivity contribution >= 4 is 52.1 Å². The van der Waals surface area contributed by atoms with Crippen LogP contribution in [0, 0.1) is 0 Å². The molecular weight excluding hydrogens is 473 g/mol. The molecule has 1 aliphatic carbocycles. The molecule has 1 aromatic heterocycles. The highest BCUT2D eigenvalue weighted by molar-refractivity contribution is 7.96. The Morgan fingerprint density at radius 2 is 2.06 bits per heavy atom. The first-order valence-electron chi connectivity index (χ1n) is 10.5. The average molecular weight is 500 g/mol. The van der Waals surface area contributed by atoms with E-state index in [1.807, 2.05) is 26.0 Å². The summed E-state index contributed by atoms with van der Waals surface area (Å²) in [5, 5.41) is 0.427. The summed E-state index contributed by atoms with van der Waals surface area (Å²) < 4.78 is 17.2. The molecule has 2 unspecified atom stereocenters. The molecule has 3 rings (SSSR count). The van der Waals surface area contributed by atoms with Gasteiger partial charge in [0.05, 0.1) is 6.61 Å². The van der Waals surface area contributed by atoms with Crippen LogP contribution >= 0.6 is 23.2 Å². The van der Waals surface area contributed by atoms with Gasteiger partial charge in [0.1, 0.15) is 20.8 Å². The number of amides is 1. The topological polar surface area (TPSA) is 85.8 Å². The largest absolute Gasteiger partial charge is 0.611 e. The molecule has 0 radical (unpaired) electrons. The Balaban J connectivity index is 1.66. The van der Waals surface area contributed by atoms with Gasteiger partial charge >= 0.3 is 5.97 Å². The SMILES string of the molecule is CCOC(=O)C[S+]([O-])C1=CCC(Cl)(C(=O)N2CCN(c3cccc(Cl)n3)[C@@H](C)[C@@H]2C)C=C1. The molecule has 1 aromatic rings. The van der Waals surface area contributed by atoms with Gasteiger partial charge in [-0.2, -0.15) is 0 Å². The van der Waals surface area contributed by atoms with Crippen molar-refractivity contribution in [1.29, 1.82) is 0 Å². The molecule has 1 fully saturated rings. The summed E-state index contributed by atoms with van der Waals surface area (Å²) in [5.41, 5.74) is 0. The van der Waals surface area contributed by atoms with Crippen LogP contribution in [0.5, 0.6) is 0 Å². The van der Waals surface area contributed by atoms with Crippen molar-refractivity contribution in [3.05, 3.63) is 46.5 Å². The van der Waals surface area contributed by atoms with Gasteiger partial charge < -0.3 is 19.1 Å². The minimum atomic E-state index is -1.54. The first-order chi connectivity index (χ1) is 15.2. The van der Waals surface area contributed by atoms with Crippen molar-refractivity contribution in [1.82, 2.24) is 9.88 Å². The molecule has 0 bridgehead atoms. The van der Waals surface area contributed by atoms with E-state index in [0.717, 1.165) is 5.82 Å². The minimum Gasteiger partial charge on any atom is -0.611 e. The van der Waals surface area contributed by atoms with Crippen LogP contribution in [-0.2, 0) is 25.5 Å². The van der Waals surface area contributed by atoms with Crippen LogP contribution in [0.4, 0.5) is 5.82 Å². The number of alkyl halides is 1. The number of hydrogen-bond donors (Lipinski definition) is 0. The molecule has 0 N–H and O–H groups in total. The van der Waals surface area contributed by atoms with Gasteiger partial charge in [0, 0.05) is 31.6 Å². The van der Waals surface area contributed by atoms with Crippen LogP contribution in [-0.4, -0.2) is 68.7 Å². The number of carbonyl (C=O) groups excluding carboxylic acids is 2. The van der Waals surface area contributed by atoms with Crippen molar-refractivity contribution in [2.75, 3.05) is 30.3 Å². The van der Waals surface area contributed by atoms with Gasteiger partial charge in [0.2, 0.25) is 11.7 Å². The Kier molecular flexibility index (Phi) is 8.14. The average Bonchev–Trinajstić information content (AvgIpc) is 2.75. The number of anilines is 1. The van der Waals surface area contributed by atoms with E-state index in [4.69, 9.17) is 27.9 Å². The lowest BCUT2D eigenvalue weighted by Crippen LogP contribution is -2.62. The Morgan fingerprint density at radius 1 is 1.31 bits per heavy atom. The molecular formula is C22H27Cl2N3O4S. The molecule has 2 heterocycles. The Bertz CT molecular complexity index is 928. The van der Waals surface area contributed by atoms with E-state index in [1.165, 1.54) is 0 Å². The zero-order chi connectivity index (χ0) is 23.5. The number of piperazine rings is 1. The second-order valence-electron chi connectivity index (χ2n) is 7.79. The molecule has 4 atom stereocenters. The quantitative estimate of drug-likeness (QED) is 0.258. The highest BCUT2D eigenvalue weighted by atomic mass is 35.5. The van der Waals surface area contributed by atoms with Crippen molar-refractivity contribution < 1.29 is 18.9 Å². The van der Waals surface area contributed by atoms with E-state index in [1.54, 1.807) is 36.1 Å². The first-order valence-corrected chi connectivity index (χ1v) is 12.6. The van der Waals surface area contributed by atoms with Gasteiger partial charge in [0.25, 0.3) is 0 Å². The van der Waals surface area contributed by atoms with Crippen LogP contribution in [0.3, 0.4) is 0 Å². The van der Waals surface area contributed by atoms with Gasteiger partial charge in [-0.25, -0.2) is 9.78 Å². The van der Waals surface area contributed by atoms with Crippen molar-refractivity contribution in [3.8, 4) is 0 Å². The minimum absolute atomic E-state index is 0.00897. The second kappa shape index (κ2) is 10.5. The van der Waals surface area contributed by atoms with E-state index in [0.29, 0.717) is 23.1 Å². The van der Waals surface area contributed by atoms with Gasteiger partial charge in [-0.3, -0.25) is 4.79 Å². The fourth-order valence-electron chi connectivity index (χ4n) is 3.87. The molecule has 0 aromatic carbocycles. The fourth-order valence-corrected chi connectivity index (χ4v) is 5.23. The number of halogens is 2. The Labute approximate surface area is 201 Å². The van der Waals surface area contributed by atoms with Gasteiger partial charge in [-0.1, -0.05) is 17.7 Å². The Morgan fingerprint density at radius 3 is 2.69 bits per heavy atom. The lowest BCUT2D eigenvalue weighted by atomic mass is 9.95. The lowest BCUT2D eigenvalue weighted by Gasteiger charge is -2.47. The maximum Gasteiger partial charge on any atom is 0.356 e. The summed E-state index contributed by atoms with van der Waals surface area (Å²) in [6.45, 7) is 7.06. The second-order valence-corrected chi connectivity index (χ2v) is 10.3. The summed E-state index contributed by atoms with van der Waals surface area (Å²) in [6, 6.07) is 5.39. The van der Waals surface area contributed by atoms with E-state index < -0.39 is 22.0 Å². The number of ether oxygens (including phenoxy) is 1. The third kappa shape index (κ3) is 5.42. The monoisotopic (exact) mass is 499 g/mol. The van der Waals surface area contributed by atoms with E-state index in [-0.39, 0.29) is 36.8 Å². The van der Waals surface area contributed by atoms with Crippen LogP contribution in [0.15, 0.2) is 41.3 Å². The zero-order valence-electron chi connectivity index (χ0n) is 18.3. The number of nitrogens with zero attached hydrogens (tertiary/aromatic N) is 3. The van der Waals surface area contributed by atoms with Crippen LogP contribution < -0.4 is 4.90 Å². The number of allylic oxidation sites excluding steroid dienone is 2. The summed E-state index contributed by atoms with van der Waals surface area (Å²) in [4.78, 5) is 32.5. The molecule has 32 heavy (non-hydrogen) atoms. The number of hydrogen-bond acceptors (Lipinski definition) is 6. The van der Waals surface area contributed by atoms with Crippen molar-refractivity contribution in [3.63, 3.8) is 0 Å². The first kappa shape index (κ1) is 24.9. The summed E-state index contributed by atoms with van der Waals surface area (Å²) in [5.74, 6) is -0.158. The smallest absolute Gasteiger partial charge is 0.356 e. The van der Waals surface area contributed by atoms with E-state index in [9.17, 15) is 14.1 Å². The normalized spacial score (nSPS) is 26.5. The van der Waals surface area contributed by atoms with Crippen LogP contribution in [0.1, 0.15) is 27.2 Å². The Hall–Kier alpha value is -1.74. The predicted octanol–water partition coefficient (Wildman–Crippen LogP) is 3.29. The predicted molar refractivity (Wildman–Crippen MR) is 127 cm³/mol. The number of carbonyl (C=O) groups is 2. The zero-order valence-corrected chi connectivity index (χ0v) is 20.6. The number of esters is 1. The fraction of sp³-hybridized carbons (Fsp3) is 0.500. The molecule has 0 spiro atoms. The molecule has 1 aliphatic heterocycles. The summed E-state index contributed by atoms with van der Waals surface area (Å²) in [7, 11) is 0. The molecule has 2 aliphatic rings. The third-order valence-corrected chi connectivity index (χ3v) is 7.78. The van der Waals surface area contributed by atoms with Gasteiger partial charge in [-0.05, 0) is 62.3 Å². The molecule has 1 saturated heterocycles. The van der Waals surface area contributed by atoms with Gasteiger partial charge in [-0.15, -0.1) is 11.6 Å². The van der Waals surface area contributed by atoms with E-state index in [2.05, 4.69) is 9.88 Å². The highest BCUT2D eigenvalue weighted by Gasteiger charge is 2.43. The van der Waals surface area contributed by atoms with Crippen LogP contribution in [0.2, 0.25) is 5.15 Å². The molecule has 0 saturated carbocycles. The number of pyridine rings is 1. The highest BCUT2D eigenvalue weighted by Crippen LogP contribution is 2.34. The maximum atomic E-state index is 13.4. The lowest BCUT2D eigenvalue weighted by molar-refractivity contribution is -0.140. The maximum absolute atomic E-state index is 13.4. The summed E-state index contributed by atoms with van der Waals surface area (Å²) >= 11 is 11.2. The standard InChI is InChI=1S/C22H27Cl2N3O4S/c1-4-31-20(28)14-32(30)17-8-10-22(24,11-9-17)21(29)27-13-12-26(15(2)16(27)3)19-7-5-6-18(23)25-19/h5-10,15-16H,4,11-14H2,1-3H3/t15-,16-,22?,32?/m0/s1. The third-order valence-electron chi connectivity index (χ3n) is 5.80. The molecule has 174 valence electrons.